The molecule has 2 nitrogen and oxygen atoms in total. The van der Waals surface area contributed by atoms with Crippen LogP contribution in [0.1, 0.15) is 0 Å². The number of hydrogen-bond donors (Lipinski definition) is 0. The van der Waals surface area contributed by atoms with Gasteiger partial charge in [-0.1, -0.05) is 6.58 Å². The van der Waals surface area contributed by atoms with Gasteiger partial charge in [0.15, 0.2) is 5.78 Å². The lowest BCUT2D eigenvalue weighted by molar-refractivity contribution is -0.113. The number of Topliss-reactive ketones (excluding diaryl/α,β-unsaturated/α-hetero) is 1. The van der Waals surface area contributed by atoms with Gasteiger partial charge in [0.25, 0.3) is 0 Å². The van der Waals surface area contributed by atoms with Crippen molar-refractivity contribution < 1.29 is 4.79 Å². The molecule has 0 aromatic rings. The van der Waals surface area contributed by atoms with Crippen molar-refractivity contribution in [3.8, 4) is 0 Å². The Labute approximate surface area is 41.6 Å². The number of carbonyl (C=O) groups excluding carboxylic acids is 1. The van der Waals surface area contributed by atoms with Crippen LogP contribution in [0.25, 0.3) is 0 Å². The number of hydrogen-bond acceptors (Lipinski definition) is 2. The standard InChI is InChI=1S/C5H5NO/c1-4-2-6-3-5(4)7/h2H,1,3H2. The molecule has 0 spiro atoms. The molecule has 0 aromatic carbocycles. The molecule has 0 atom stereocenters. The average molecular weight is 95.1 g/mol. The largest absolute Gasteiger partial charge is 0.292 e. The maximum Gasteiger partial charge on any atom is 0.185 e. The number of aliphatic imine (C=N–C) groups is 1. The minimum absolute atomic E-state index is 0.0417. The lowest BCUT2D eigenvalue weighted by Gasteiger charge is -1.77. The van der Waals surface area contributed by atoms with Crippen molar-refractivity contribution in [2.24, 2.45) is 4.99 Å². The first-order chi connectivity index (χ1) is 3.30. The lowest BCUT2D eigenvalue weighted by Crippen LogP contribution is -1.96. The van der Waals surface area contributed by atoms with E-state index in [0.717, 1.165) is 0 Å². The molecule has 0 amide bonds. The maximum absolute atomic E-state index is 10.3. The van der Waals surface area contributed by atoms with E-state index in [-0.39, 0.29) is 5.78 Å². The van der Waals surface area contributed by atoms with Crippen molar-refractivity contribution in [2.75, 3.05) is 6.54 Å². The van der Waals surface area contributed by atoms with Crippen LogP contribution >= 0.6 is 0 Å². The van der Waals surface area contributed by atoms with Crippen molar-refractivity contribution in [3.63, 3.8) is 0 Å². The predicted molar refractivity (Wildman–Crippen MR) is 27.5 cm³/mol. The summed E-state index contributed by atoms with van der Waals surface area (Å²) in [5.74, 6) is 0.0417. The summed E-state index contributed by atoms with van der Waals surface area (Å²) in [5, 5.41) is 0. The van der Waals surface area contributed by atoms with Gasteiger partial charge >= 0.3 is 0 Å². The van der Waals surface area contributed by atoms with Gasteiger partial charge in [0.1, 0.15) is 6.54 Å². The highest BCUT2D eigenvalue weighted by Crippen LogP contribution is 1.95. The molecule has 0 unspecified atom stereocenters. The van der Waals surface area contributed by atoms with Crippen LogP contribution in [0.2, 0.25) is 0 Å². The van der Waals surface area contributed by atoms with E-state index in [4.69, 9.17) is 0 Å². The molecule has 0 saturated heterocycles. The second kappa shape index (κ2) is 1.30. The molecule has 1 aliphatic rings. The van der Waals surface area contributed by atoms with E-state index in [9.17, 15) is 4.79 Å². The molecule has 0 bridgehead atoms. The first kappa shape index (κ1) is 4.24. The third kappa shape index (κ3) is 0.585. The fourth-order valence-electron chi connectivity index (χ4n) is 0.412. The summed E-state index contributed by atoms with van der Waals surface area (Å²) in [5.41, 5.74) is 0.528. The molecule has 36 valence electrons. The van der Waals surface area contributed by atoms with E-state index in [1.165, 1.54) is 6.21 Å². The summed E-state index contributed by atoms with van der Waals surface area (Å²) in [6.45, 7) is 3.74. The van der Waals surface area contributed by atoms with Crippen LogP contribution in [-0.2, 0) is 4.79 Å². The molecule has 2 heteroatoms. The first-order valence-corrected chi connectivity index (χ1v) is 2.02. The zero-order valence-corrected chi connectivity index (χ0v) is 3.85. The third-order valence-electron chi connectivity index (χ3n) is 0.840. The van der Waals surface area contributed by atoms with Gasteiger partial charge in [-0.05, 0) is 0 Å². The molecule has 0 saturated carbocycles. The highest BCUT2D eigenvalue weighted by Gasteiger charge is 2.07. The molecule has 7 heavy (non-hydrogen) atoms. The Bertz CT molecular complexity index is 146. The zero-order chi connectivity index (χ0) is 5.28. The van der Waals surface area contributed by atoms with E-state index >= 15 is 0 Å². The number of ketones is 1. The Morgan fingerprint density at radius 2 is 2.57 bits per heavy atom. The highest BCUT2D eigenvalue weighted by molar-refractivity contribution is 6.17. The number of nitrogens with zero attached hydrogens (tertiary/aromatic N) is 1. The van der Waals surface area contributed by atoms with Crippen molar-refractivity contribution in [1.29, 1.82) is 0 Å². The zero-order valence-electron chi connectivity index (χ0n) is 3.85. The van der Waals surface area contributed by atoms with Crippen LogP contribution in [0, 0.1) is 0 Å². The summed E-state index contributed by atoms with van der Waals surface area (Å²) in [6.07, 6.45) is 1.50. The van der Waals surface area contributed by atoms with Gasteiger partial charge in [-0.3, -0.25) is 9.79 Å². The van der Waals surface area contributed by atoms with Crippen LogP contribution in [0.3, 0.4) is 0 Å². The number of carbonyl (C=O) groups is 1. The monoisotopic (exact) mass is 95.0 g/mol. The Morgan fingerprint density at radius 1 is 1.86 bits per heavy atom. The highest BCUT2D eigenvalue weighted by atomic mass is 16.1. The molecule has 1 heterocycles. The summed E-state index contributed by atoms with van der Waals surface area (Å²) in [7, 11) is 0. The van der Waals surface area contributed by atoms with Crippen molar-refractivity contribution in [2.45, 2.75) is 0 Å². The molecular formula is C5H5NO. The third-order valence-corrected chi connectivity index (χ3v) is 0.840. The topological polar surface area (TPSA) is 29.4 Å². The smallest absolute Gasteiger partial charge is 0.185 e. The van der Waals surface area contributed by atoms with Gasteiger partial charge in [0.2, 0.25) is 0 Å². The summed E-state index contributed by atoms with van der Waals surface area (Å²) < 4.78 is 0. The van der Waals surface area contributed by atoms with E-state index < -0.39 is 0 Å². The molecule has 1 rings (SSSR count). The summed E-state index contributed by atoms with van der Waals surface area (Å²) >= 11 is 0. The Balaban J connectivity index is 2.81. The Hall–Kier alpha value is -0.920. The van der Waals surface area contributed by atoms with E-state index in [2.05, 4.69) is 11.6 Å². The number of rotatable bonds is 0. The summed E-state index contributed by atoms with van der Waals surface area (Å²) in [6, 6.07) is 0. The van der Waals surface area contributed by atoms with Crippen LogP contribution in [0.5, 0.6) is 0 Å². The van der Waals surface area contributed by atoms with E-state index in [1.54, 1.807) is 0 Å². The van der Waals surface area contributed by atoms with Crippen LogP contribution in [0.15, 0.2) is 17.1 Å². The Kier molecular flexibility index (Phi) is 0.785. The molecule has 0 aromatic heterocycles. The van der Waals surface area contributed by atoms with Crippen LogP contribution < -0.4 is 0 Å². The first-order valence-electron chi connectivity index (χ1n) is 2.02. The van der Waals surface area contributed by atoms with Gasteiger partial charge in [0.05, 0.1) is 0 Å². The Morgan fingerprint density at radius 3 is 2.71 bits per heavy atom. The van der Waals surface area contributed by atoms with Gasteiger partial charge in [-0.2, -0.15) is 0 Å². The van der Waals surface area contributed by atoms with Crippen molar-refractivity contribution in [1.82, 2.24) is 0 Å². The fourth-order valence-corrected chi connectivity index (χ4v) is 0.412. The van der Waals surface area contributed by atoms with Crippen LogP contribution in [0.4, 0.5) is 0 Å². The average Bonchev–Trinajstić information content (AvgIpc) is 1.91. The van der Waals surface area contributed by atoms with Gasteiger partial charge in [-0.15, -0.1) is 0 Å². The molecule has 1 aliphatic heterocycles. The SMILES string of the molecule is C=C1C=NCC1=O. The van der Waals surface area contributed by atoms with Crippen molar-refractivity contribution >= 4 is 12.0 Å². The fraction of sp³-hybridized carbons (Fsp3) is 0.200. The molecule has 0 aliphatic carbocycles. The van der Waals surface area contributed by atoms with Gasteiger partial charge in [-0.25, -0.2) is 0 Å². The van der Waals surface area contributed by atoms with Crippen LogP contribution in [-0.4, -0.2) is 18.5 Å². The summed E-state index contributed by atoms with van der Waals surface area (Å²) in [4.78, 5) is 14.0. The van der Waals surface area contributed by atoms with Crippen molar-refractivity contribution in [3.05, 3.63) is 12.2 Å². The second-order valence-corrected chi connectivity index (χ2v) is 1.42. The molecule has 0 fully saturated rings. The molecule has 0 radical (unpaired) electrons. The van der Waals surface area contributed by atoms with E-state index in [0.29, 0.717) is 12.1 Å². The second-order valence-electron chi connectivity index (χ2n) is 1.42. The normalized spacial score (nSPS) is 18.9. The minimum Gasteiger partial charge on any atom is -0.292 e. The van der Waals surface area contributed by atoms with Gasteiger partial charge < -0.3 is 0 Å². The maximum atomic E-state index is 10.3. The predicted octanol–water partition coefficient (Wildman–Crippen LogP) is 0.196. The van der Waals surface area contributed by atoms with Gasteiger partial charge in [0, 0.05) is 11.8 Å². The van der Waals surface area contributed by atoms with E-state index in [1.807, 2.05) is 0 Å². The minimum atomic E-state index is 0.0417. The quantitative estimate of drug-likeness (QED) is 0.395. The molecule has 0 N–H and O–H groups in total. The lowest BCUT2D eigenvalue weighted by atomic mass is 10.3. The molecular weight excluding hydrogens is 90.1 g/mol.